The van der Waals surface area contributed by atoms with Crippen LogP contribution in [0.1, 0.15) is 5.69 Å². The first-order valence-electron chi connectivity index (χ1n) is 1.67. The van der Waals surface area contributed by atoms with Crippen LogP contribution in [0.25, 0.3) is 0 Å². The number of aromatic nitrogens is 3. The standard InChI is InChI=1S/C3H2N3O/c7-2-3-1-4-6-5-3/h1H,(H,4,5,6). The van der Waals surface area contributed by atoms with Gasteiger partial charge in [0.25, 0.3) is 6.29 Å². The second-order valence-corrected chi connectivity index (χ2v) is 0.972. The molecule has 1 aromatic rings. The second kappa shape index (κ2) is 1.51. The smallest absolute Gasteiger partial charge is 0.254 e. The lowest BCUT2D eigenvalue weighted by atomic mass is 10.6. The summed E-state index contributed by atoms with van der Waals surface area (Å²) >= 11 is 0. The van der Waals surface area contributed by atoms with Gasteiger partial charge in [-0.25, -0.2) is 0 Å². The normalized spacial score (nSPS) is 8.57. The van der Waals surface area contributed by atoms with Crippen molar-refractivity contribution in [3.05, 3.63) is 11.9 Å². The zero-order chi connectivity index (χ0) is 5.11. The summed E-state index contributed by atoms with van der Waals surface area (Å²) < 4.78 is 0. The van der Waals surface area contributed by atoms with Crippen molar-refractivity contribution >= 4 is 6.29 Å². The number of hydrogen-bond donors (Lipinski definition) is 1. The molecule has 0 aliphatic rings. The second-order valence-electron chi connectivity index (χ2n) is 0.972. The minimum absolute atomic E-state index is 0.278. The predicted molar refractivity (Wildman–Crippen MR) is 21.2 cm³/mol. The third-order valence-electron chi connectivity index (χ3n) is 0.525. The number of carbonyl (C=O) groups excluding carboxylic acids is 1. The molecule has 35 valence electrons. The molecule has 0 amide bonds. The molecule has 1 N–H and O–H groups in total. The molecule has 0 aliphatic heterocycles. The highest BCUT2D eigenvalue weighted by Crippen LogP contribution is 1.76. The summed E-state index contributed by atoms with van der Waals surface area (Å²) in [5.74, 6) is 0. The summed E-state index contributed by atoms with van der Waals surface area (Å²) in [6.07, 6.45) is 2.88. The van der Waals surface area contributed by atoms with Gasteiger partial charge in [0.2, 0.25) is 0 Å². The lowest BCUT2D eigenvalue weighted by molar-refractivity contribution is 0.561. The van der Waals surface area contributed by atoms with E-state index in [1.54, 1.807) is 6.29 Å². The molecule has 0 unspecified atom stereocenters. The van der Waals surface area contributed by atoms with Gasteiger partial charge in [0.1, 0.15) is 5.69 Å². The monoisotopic (exact) mass is 96.0 g/mol. The van der Waals surface area contributed by atoms with Gasteiger partial charge in [0, 0.05) is 0 Å². The highest BCUT2D eigenvalue weighted by atomic mass is 16.1. The molecular formula is C3H2N3O. The van der Waals surface area contributed by atoms with Crippen molar-refractivity contribution in [2.45, 2.75) is 0 Å². The van der Waals surface area contributed by atoms with Crippen molar-refractivity contribution in [2.24, 2.45) is 0 Å². The zero-order valence-corrected chi connectivity index (χ0v) is 3.38. The average molecular weight is 96.1 g/mol. The van der Waals surface area contributed by atoms with Crippen molar-refractivity contribution in [3.63, 3.8) is 0 Å². The van der Waals surface area contributed by atoms with Crippen molar-refractivity contribution in [3.8, 4) is 0 Å². The van der Waals surface area contributed by atoms with Gasteiger partial charge in [-0.3, -0.25) is 9.89 Å². The fraction of sp³-hybridized carbons (Fsp3) is 0. The van der Waals surface area contributed by atoms with Crippen LogP contribution in [0, 0.1) is 0 Å². The Morgan fingerprint density at radius 2 is 2.71 bits per heavy atom. The van der Waals surface area contributed by atoms with E-state index in [0.717, 1.165) is 0 Å². The van der Waals surface area contributed by atoms with Gasteiger partial charge in [-0.1, -0.05) is 5.21 Å². The van der Waals surface area contributed by atoms with E-state index in [9.17, 15) is 4.79 Å². The highest BCUT2D eigenvalue weighted by Gasteiger charge is 1.86. The van der Waals surface area contributed by atoms with Crippen LogP contribution >= 0.6 is 0 Å². The molecule has 0 saturated carbocycles. The van der Waals surface area contributed by atoms with E-state index >= 15 is 0 Å². The van der Waals surface area contributed by atoms with Crippen molar-refractivity contribution in [2.75, 3.05) is 0 Å². The molecule has 4 nitrogen and oxygen atoms in total. The Hall–Kier alpha value is -1.19. The number of rotatable bonds is 1. The van der Waals surface area contributed by atoms with Crippen LogP contribution in [-0.2, 0) is 4.79 Å². The van der Waals surface area contributed by atoms with E-state index < -0.39 is 0 Å². The van der Waals surface area contributed by atoms with Gasteiger partial charge >= 0.3 is 0 Å². The van der Waals surface area contributed by atoms with Crippen molar-refractivity contribution < 1.29 is 4.79 Å². The van der Waals surface area contributed by atoms with Gasteiger partial charge < -0.3 is 0 Å². The van der Waals surface area contributed by atoms with E-state index in [2.05, 4.69) is 15.4 Å². The summed E-state index contributed by atoms with van der Waals surface area (Å²) in [6, 6.07) is 0. The molecule has 1 radical (unpaired) electrons. The molecule has 0 spiro atoms. The number of hydrogen-bond acceptors (Lipinski definition) is 3. The summed E-state index contributed by atoms with van der Waals surface area (Å²) in [6.45, 7) is 0. The summed E-state index contributed by atoms with van der Waals surface area (Å²) in [7, 11) is 0. The first-order chi connectivity index (χ1) is 3.43. The predicted octanol–water partition coefficient (Wildman–Crippen LogP) is -0.738. The molecule has 0 aliphatic carbocycles. The first-order valence-corrected chi connectivity index (χ1v) is 1.67. The number of aromatic amines is 1. The third-order valence-corrected chi connectivity index (χ3v) is 0.525. The minimum Gasteiger partial charge on any atom is -0.283 e. The van der Waals surface area contributed by atoms with Crippen LogP contribution in [0.4, 0.5) is 0 Å². The van der Waals surface area contributed by atoms with Crippen molar-refractivity contribution in [1.29, 1.82) is 0 Å². The Morgan fingerprint density at radius 3 is 3.00 bits per heavy atom. The van der Waals surface area contributed by atoms with Crippen LogP contribution in [-0.4, -0.2) is 21.7 Å². The summed E-state index contributed by atoms with van der Waals surface area (Å²) in [4.78, 5) is 9.63. The van der Waals surface area contributed by atoms with Gasteiger partial charge in [-0.05, 0) is 0 Å². The average Bonchev–Trinajstić information content (AvgIpc) is 2.14. The van der Waals surface area contributed by atoms with E-state index in [4.69, 9.17) is 0 Å². The molecule has 0 aromatic carbocycles. The van der Waals surface area contributed by atoms with Gasteiger partial charge in [0.15, 0.2) is 0 Å². The molecule has 4 heteroatoms. The SMILES string of the molecule is O=[C]c1cnn[nH]1. The Balaban J connectivity index is 2.96. The lowest BCUT2D eigenvalue weighted by Crippen LogP contribution is -1.76. The van der Waals surface area contributed by atoms with E-state index in [1.807, 2.05) is 0 Å². The molecule has 0 atom stereocenters. The van der Waals surface area contributed by atoms with Crippen LogP contribution in [0.3, 0.4) is 0 Å². The first kappa shape index (κ1) is 3.98. The molecule has 0 fully saturated rings. The molecule has 1 aromatic heterocycles. The largest absolute Gasteiger partial charge is 0.283 e. The van der Waals surface area contributed by atoms with E-state index in [1.165, 1.54) is 6.20 Å². The van der Waals surface area contributed by atoms with Gasteiger partial charge in [-0.2, -0.15) is 0 Å². The van der Waals surface area contributed by atoms with Gasteiger partial charge in [-0.15, -0.1) is 5.10 Å². The van der Waals surface area contributed by atoms with Crippen molar-refractivity contribution in [1.82, 2.24) is 15.4 Å². The number of H-pyrrole nitrogens is 1. The van der Waals surface area contributed by atoms with Crippen LogP contribution in [0.5, 0.6) is 0 Å². The Bertz CT molecular complexity index is 145. The maximum atomic E-state index is 9.63. The van der Waals surface area contributed by atoms with Gasteiger partial charge in [0.05, 0.1) is 6.20 Å². The van der Waals surface area contributed by atoms with Crippen LogP contribution in [0.2, 0.25) is 0 Å². The molecule has 0 saturated heterocycles. The molecule has 1 heterocycles. The third kappa shape index (κ3) is 0.623. The number of nitrogens with zero attached hydrogens (tertiary/aromatic N) is 2. The zero-order valence-electron chi connectivity index (χ0n) is 3.38. The topological polar surface area (TPSA) is 58.6 Å². The summed E-state index contributed by atoms with van der Waals surface area (Å²) in [5, 5.41) is 8.88. The maximum absolute atomic E-state index is 9.63. The quantitative estimate of drug-likeness (QED) is 0.501. The summed E-state index contributed by atoms with van der Waals surface area (Å²) in [5.41, 5.74) is 0.278. The Kier molecular flexibility index (Phi) is 0.856. The highest BCUT2D eigenvalue weighted by molar-refractivity contribution is 5.70. The fourth-order valence-corrected chi connectivity index (χ4v) is 0.247. The molecule has 0 bridgehead atoms. The lowest BCUT2D eigenvalue weighted by Gasteiger charge is -1.63. The Morgan fingerprint density at radius 1 is 1.86 bits per heavy atom. The van der Waals surface area contributed by atoms with Crippen LogP contribution < -0.4 is 0 Å². The van der Waals surface area contributed by atoms with E-state index in [-0.39, 0.29) is 5.69 Å². The Labute approximate surface area is 39.5 Å². The maximum Gasteiger partial charge on any atom is 0.254 e. The molecular weight excluding hydrogens is 94.1 g/mol. The van der Waals surface area contributed by atoms with Crippen LogP contribution in [0.15, 0.2) is 6.20 Å². The molecule has 7 heavy (non-hydrogen) atoms. The number of nitrogens with one attached hydrogen (secondary N) is 1. The fourth-order valence-electron chi connectivity index (χ4n) is 0.247. The molecule has 1 rings (SSSR count). The minimum atomic E-state index is 0.278. The van der Waals surface area contributed by atoms with E-state index in [0.29, 0.717) is 0 Å².